The monoisotopic (exact) mass is 325 g/mol. The van der Waals surface area contributed by atoms with Crippen molar-refractivity contribution in [2.24, 2.45) is 5.10 Å². The molecule has 0 saturated heterocycles. The van der Waals surface area contributed by atoms with Crippen LogP contribution in [0.15, 0.2) is 34.7 Å². The molecule has 1 heterocycles. The van der Waals surface area contributed by atoms with E-state index in [0.29, 0.717) is 16.4 Å². The Morgan fingerprint density at radius 1 is 1.09 bits per heavy atom. The van der Waals surface area contributed by atoms with Gasteiger partial charge in [-0.3, -0.25) is 5.43 Å². The van der Waals surface area contributed by atoms with Crippen LogP contribution < -0.4 is 5.43 Å². The Labute approximate surface area is 129 Å². The van der Waals surface area contributed by atoms with Crippen molar-refractivity contribution in [1.82, 2.24) is 4.98 Å². The Morgan fingerprint density at radius 2 is 1.77 bits per heavy atom. The first kappa shape index (κ1) is 15.0. The minimum absolute atomic E-state index is 0.646. The smallest absolute Gasteiger partial charge is 0.253 e. The number of benzene rings is 1. The molecule has 0 bridgehead atoms. The highest BCUT2D eigenvalue weighted by atomic mass is 32.1. The number of nitrogens with zero attached hydrogens (tertiary/aromatic N) is 2. The van der Waals surface area contributed by atoms with E-state index >= 15 is 0 Å². The quantitative estimate of drug-likeness (QED) is 0.790. The highest BCUT2D eigenvalue weighted by Gasteiger charge is 2.30. The van der Waals surface area contributed by atoms with Gasteiger partial charge in [0.25, 0.3) is 0 Å². The normalized spacial score (nSPS) is 15.1. The fourth-order valence-electron chi connectivity index (χ4n) is 2.31. The van der Waals surface area contributed by atoms with Gasteiger partial charge in [0.05, 0.1) is 11.3 Å². The molecule has 1 fully saturated rings. The Balaban J connectivity index is 1.71. The summed E-state index contributed by atoms with van der Waals surface area (Å²) in [5.74, 6) is 0. The van der Waals surface area contributed by atoms with Crippen LogP contribution in [0.25, 0.3) is 11.3 Å². The molecule has 2 aromatic rings. The van der Waals surface area contributed by atoms with E-state index in [1.54, 1.807) is 5.38 Å². The first-order valence-corrected chi connectivity index (χ1v) is 7.85. The molecule has 22 heavy (non-hydrogen) atoms. The molecular formula is C15H14F3N3S. The average molecular weight is 325 g/mol. The van der Waals surface area contributed by atoms with Crippen molar-refractivity contribution in [3.63, 3.8) is 0 Å². The second-order valence-corrected chi connectivity index (χ2v) is 5.97. The van der Waals surface area contributed by atoms with Gasteiger partial charge < -0.3 is 0 Å². The maximum absolute atomic E-state index is 12.5. The predicted octanol–water partition coefficient (Wildman–Crippen LogP) is 5.17. The first-order valence-electron chi connectivity index (χ1n) is 6.97. The number of thiazole rings is 1. The van der Waals surface area contributed by atoms with Crippen molar-refractivity contribution in [2.45, 2.75) is 31.9 Å². The maximum atomic E-state index is 12.5. The summed E-state index contributed by atoms with van der Waals surface area (Å²) in [6, 6.07) is 5.01. The zero-order chi connectivity index (χ0) is 15.6. The van der Waals surface area contributed by atoms with E-state index in [4.69, 9.17) is 0 Å². The fraction of sp³-hybridized carbons (Fsp3) is 0.333. The van der Waals surface area contributed by atoms with E-state index in [2.05, 4.69) is 15.5 Å². The molecule has 1 N–H and O–H groups in total. The number of hydrazone groups is 1. The van der Waals surface area contributed by atoms with Crippen LogP contribution >= 0.6 is 11.3 Å². The standard InChI is InChI=1S/C15H14F3N3S/c16-15(17,18)11-7-5-10(6-8-11)13-9-22-14(19-13)21-20-12-3-1-2-4-12/h5-9H,1-4H2,(H,19,21). The van der Waals surface area contributed by atoms with Crippen LogP contribution in [0.1, 0.15) is 31.2 Å². The van der Waals surface area contributed by atoms with Crippen molar-refractivity contribution >= 4 is 22.2 Å². The van der Waals surface area contributed by atoms with Crippen LogP contribution in [0.3, 0.4) is 0 Å². The number of rotatable bonds is 3. The van der Waals surface area contributed by atoms with Crippen LogP contribution in [-0.4, -0.2) is 10.7 Å². The summed E-state index contributed by atoms with van der Waals surface area (Å²) in [6.07, 6.45) is 0.0728. The molecule has 3 nitrogen and oxygen atoms in total. The molecule has 0 amide bonds. The number of hydrogen-bond donors (Lipinski definition) is 1. The number of alkyl halides is 3. The third-order valence-corrected chi connectivity index (χ3v) is 4.25. The zero-order valence-electron chi connectivity index (χ0n) is 11.7. The summed E-state index contributed by atoms with van der Waals surface area (Å²) in [7, 11) is 0. The molecule has 1 aliphatic rings. The van der Waals surface area contributed by atoms with Crippen molar-refractivity contribution in [2.75, 3.05) is 5.43 Å². The topological polar surface area (TPSA) is 37.3 Å². The molecule has 116 valence electrons. The lowest BCUT2D eigenvalue weighted by Crippen LogP contribution is -2.04. The van der Waals surface area contributed by atoms with E-state index in [1.165, 1.54) is 36.3 Å². The van der Waals surface area contributed by atoms with Gasteiger partial charge in [0, 0.05) is 16.7 Å². The minimum atomic E-state index is -4.31. The summed E-state index contributed by atoms with van der Waals surface area (Å²) in [4.78, 5) is 4.35. The summed E-state index contributed by atoms with van der Waals surface area (Å²) in [6.45, 7) is 0. The lowest BCUT2D eigenvalue weighted by Gasteiger charge is -2.06. The molecule has 1 saturated carbocycles. The van der Waals surface area contributed by atoms with Gasteiger partial charge in [0.1, 0.15) is 0 Å². The summed E-state index contributed by atoms with van der Waals surface area (Å²) >= 11 is 1.39. The molecule has 0 unspecified atom stereocenters. The van der Waals surface area contributed by atoms with E-state index < -0.39 is 11.7 Å². The third kappa shape index (κ3) is 3.47. The first-order chi connectivity index (χ1) is 10.5. The van der Waals surface area contributed by atoms with Crippen LogP contribution in [0, 0.1) is 0 Å². The minimum Gasteiger partial charge on any atom is -0.253 e. The number of aromatic nitrogens is 1. The molecule has 0 radical (unpaired) electrons. The van der Waals surface area contributed by atoms with Crippen molar-refractivity contribution in [1.29, 1.82) is 0 Å². The van der Waals surface area contributed by atoms with Gasteiger partial charge in [-0.1, -0.05) is 12.1 Å². The Morgan fingerprint density at radius 3 is 2.41 bits per heavy atom. The molecule has 1 aliphatic carbocycles. The van der Waals surface area contributed by atoms with Crippen molar-refractivity contribution in [3.8, 4) is 11.3 Å². The van der Waals surface area contributed by atoms with Gasteiger partial charge in [-0.05, 0) is 37.8 Å². The van der Waals surface area contributed by atoms with Gasteiger partial charge in [-0.25, -0.2) is 4.98 Å². The Bertz CT molecular complexity index is 666. The Hall–Kier alpha value is -1.89. The second kappa shape index (κ2) is 6.08. The molecule has 0 spiro atoms. The fourth-order valence-corrected chi connectivity index (χ4v) is 2.97. The second-order valence-electron chi connectivity index (χ2n) is 5.11. The average Bonchev–Trinajstić information content (AvgIpc) is 3.16. The number of halogens is 3. The van der Waals surface area contributed by atoms with Gasteiger partial charge in [0.2, 0.25) is 5.13 Å². The van der Waals surface area contributed by atoms with Gasteiger partial charge in [-0.2, -0.15) is 18.3 Å². The van der Waals surface area contributed by atoms with Gasteiger partial charge in [-0.15, -0.1) is 11.3 Å². The lowest BCUT2D eigenvalue weighted by molar-refractivity contribution is -0.137. The van der Waals surface area contributed by atoms with Crippen LogP contribution in [0.2, 0.25) is 0 Å². The summed E-state index contributed by atoms with van der Waals surface area (Å²) in [5, 5.41) is 6.77. The van der Waals surface area contributed by atoms with Gasteiger partial charge >= 0.3 is 6.18 Å². The molecule has 0 aliphatic heterocycles. The lowest BCUT2D eigenvalue weighted by atomic mass is 10.1. The van der Waals surface area contributed by atoms with Crippen molar-refractivity contribution in [3.05, 3.63) is 35.2 Å². The predicted molar refractivity (Wildman–Crippen MR) is 82.1 cm³/mol. The highest BCUT2D eigenvalue weighted by molar-refractivity contribution is 7.14. The molecule has 1 aromatic carbocycles. The van der Waals surface area contributed by atoms with E-state index in [-0.39, 0.29) is 0 Å². The summed E-state index contributed by atoms with van der Waals surface area (Å²) < 4.78 is 37.6. The molecule has 3 rings (SSSR count). The molecule has 0 atom stereocenters. The zero-order valence-corrected chi connectivity index (χ0v) is 12.5. The van der Waals surface area contributed by atoms with E-state index in [0.717, 1.165) is 30.7 Å². The van der Waals surface area contributed by atoms with E-state index in [1.807, 2.05) is 0 Å². The SMILES string of the molecule is FC(F)(F)c1ccc(-c2csc(NN=C3CCCC3)n2)cc1. The maximum Gasteiger partial charge on any atom is 0.416 e. The van der Waals surface area contributed by atoms with Crippen LogP contribution in [-0.2, 0) is 6.18 Å². The largest absolute Gasteiger partial charge is 0.416 e. The molecular weight excluding hydrogens is 311 g/mol. The van der Waals surface area contributed by atoms with Gasteiger partial charge in [0.15, 0.2) is 0 Å². The van der Waals surface area contributed by atoms with Crippen LogP contribution in [0.4, 0.5) is 18.3 Å². The number of nitrogens with one attached hydrogen (secondary N) is 1. The highest BCUT2D eigenvalue weighted by Crippen LogP contribution is 2.31. The number of hydrogen-bond acceptors (Lipinski definition) is 4. The molecule has 1 aromatic heterocycles. The van der Waals surface area contributed by atoms with Crippen molar-refractivity contribution < 1.29 is 13.2 Å². The van der Waals surface area contributed by atoms with E-state index in [9.17, 15) is 13.2 Å². The number of anilines is 1. The third-order valence-electron chi connectivity index (χ3n) is 3.50. The Kier molecular flexibility index (Phi) is 4.15. The summed E-state index contributed by atoms with van der Waals surface area (Å²) in [5.41, 5.74) is 4.72. The van der Waals surface area contributed by atoms with Crippen LogP contribution in [0.5, 0.6) is 0 Å². The molecule has 7 heteroatoms.